The molecule has 0 aliphatic carbocycles. The molecule has 1 heterocycles. The molecule has 4 nitrogen and oxygen atoms in total. The Morgan fingerprint density at radius 2 is 2.00 bits per heavy atom. The van der Waals surface area contributed by atoms with Gasteiger partial charge in [0.15, 0.2) is 0 Å². The molecule has 0 atom stereocenters. The zero-order valence-electron chi connectivity index (χ0n) is 12.5. The predicted octanol–water partition coefficient (Wildman–Crippen LogP) is 3.68. The largest absolute Gasteiger partial charge is 0.487 e. The van der Waals surface area contributed by atoms with E-state index in [0.29, 0.717) is 13.0 Å². The first-order chi connectivity index (χ1) is 10.0. The third-order valence-electron chi connectivity index (χ3n) is 3.20. The summed E-state index contributed by atoms with van der Waals surface area (Å²) in [5.74, 6) is 0.950. The van der Waals surface area contributed by atoms with Gasteiger partial charge in [0, 0.05) is 13.0 Å². The highest BCUT2D eigenvalue weighted by Crippen LogP contribution is 2.23. The molecular formula is C16H19BrN2O2. The Morgan fingerprint density at radius 1 is 1.33 bits per heavy atom. The molecule has 0 bridgehead atoms. The number of hydrogen-bond donors (Lipinski definition) is 0. The van der Waals surface area contributed by atoms with Gasteiger partial charge in [-0.2, -0.15) is 5.10 Å². The lowest BCUT2D eigenvalue weighted by atomic mass is 10.1. The normalized spacial score (nSPS) is 10.7. The van der Waals surface area contributed by atoms with Crippen molar-refractivity contribution >= 4 is 21.7 Å². The van der Waals surface area contributed by atoms with Crippen LogP contribution in [0.4, 0.5) is 0 Å². The summed E-state index contributed by atoms with van der Waals surface area (Å²) in [6, 6.07) is 7.64. The number of aromatic nitrogens is 2. The predicted molar refractivity (Wildman–Crippen MR) is 85.5 cm³/mol. The smallest absolute Gasteiger partial charge is 0.134 e. The molecular weight excluding hydrogens is 332 g/mol. The van der Waals surface area contributed by atoms with E-state index in [1.807, 2.05) is 35.9 Å². The molecule has 2 aromatic rings. The van der Waals surface area contributed by atoms with Crippen LogP contribution in [0.3, 0.4) is 0 Å². The van der Waals surface area contributed by atoms with Crippen molar-refractivity contribution in [3.8, 4) is 5.75 Å². The molecule has 21 heavy (non-hydrogen) atoms. The van der Waals surface area contributed by atoms with E-state index in [0.717, 1.165) is 33.7 Å². The highest BCUT2D eigenvalue weighted by Gasteiger charge is 2.12. The van der Waals surface area contributed by atoms with Gasteiger partial charge in [0.2, 0.25) is 0 Å². The SMILES string of the molecule is CCn1nc(C)c(Br)c1COc1ccc(CC(C)=O)cc1. The maximum absolute atomic E-state index is 11.1. The molecule has 0 N–H and O–H groups in total. The second-order valence-corrected chi connectivity index (χ2v) is 5.77. The van der Waals surface area contributed by atoms with Crippen LogP contribution in [0.5, 0.6) is 5.75 Å². The van der Waals surface area contributed by atoms with E-state index < -0.39 is 0 Å². The van der Waals surface area contributed by atoms with E-state index in [9.17, 15) is 4.79 Å². The summed E-state index contributed by atoms with van der Waals surface area (Å²) in [6.45, 7) is 6.88. The van der Waals surface area contributed by atoms with Crippen LogP contribution in [0.25, 0.3) is 0 Å². The molecule has 1 aromatic heterocycles. The number of halogens is 1. The van der Waals surface area contributed by atoms with Crippen molar-refractivity contribution in [2.75, 3.05) is 0 Å². The van der Waals surface area contributed by atoms with Crippen molar-refractivity contribution < 1.29 is 9.53 Å². The lowest BCUT2D eigenvalue weighted by molar-refractivity contribution is -0.116. The van der Waals surface area contributed by atoms with E-state index >= 15 is 0 Å². The van der Waals surface area contributed by atoms with E-state index in [1.54, 1.807) is 6.92 Å². The fourth-order valence-electron chi connectivity index (χ4n) is 2.15. The van der Waals surface area contributed by atoms with Crippen LogP contribution in [0.15, 0.2) is 28.7 Å². The minimum Gasteiger partial charge on any atom is -0.487 e. The van der Waals surface area contributed by atoms with Gasteiger partial charge in [-0.05, 0) is 54.4 Å². The zero-order chi connectivity index (χ0) is 15.4. The summed E-state index contributed by atoms with van der Waals surface area (Å²) in [7, 11) is 0. The summed E-state index contributed by atoms with van der Waals surface area (Å²) >= 11 is 3.55. The Kier molecular flexibility index (Phi) is 5.17. The van der Waals surface area contributed by atoms with Gasteiger partial charge in [-0.15, -0.1) is 0 Å². The van der Waals surface area contributed by atoms with Gasteiger partial charge in [0.25, 0.3) is 0 Å². The van der Waals surface area contributed by atoms with Crippen LogP contribution in [0, 0.1) is 6.92 Å². The molecule has 0 saturated carbocycles. The van der Waals surface area contributed by atoms with Gasteiger partial charge < -0.3 is 4.74 Å². The number of rotatable bonds is 6. The van der Waals surface area contributed by atoms with Gasteiger partial charge in [-0.25, -0.2) is 0 Å². The molecule has 0 aliphatic rings. The minimum atomic E-state index is 0.162. The number of ketones is 1. The number of Topliss-reactive ketones (excluding diaryl/α,β-unsaturated/α-hetero) is 1. The molecule has 0 radical (unpaired) electrons. The number of nitrogens with zero attached hydrogens (tertiary/aromatic N) is 2. The number of ether oxygens (including phenoxy) is 1. The van der Waals surface area contributed by atoms with Crippen LogP contribution < -0.4 is 4.74 Å². The quantitative estimate of drug-likeness (QED) is 0.797. The van der Waals surface area contributed by atoms with Crippen molar-refractivity contribution in [3.05, 3.63) is 45.7 Å². The summed E-state index contributed by atoms with van der Waals surface area (Å²) in [6.07, 6.45) is 0.466. The second-order valence-electron chi connectivity index (χ2n) is 4.97. The van der Waals surface area contributed by atoms with Gasteiger partial charge in [0.1, 0.15) is 18.1 Å². The average molecular weight is 351 g/mol. The highest BCUT2D eigenvalue weighted by molar-refractivity contribution is 9.10. The molecule has 0 amide bonds. The van der Waals surface area contributed by atoms with Gasteiger partial charge in [0.05, 0.1) is 15.9 Å². The fraction of sp³-hybridized carbons (Fsp3) is 0.375. The first kappa shape index (κ1) is 15.8. The Balaban J connectivity index is 2.05. The molecule has 0 spiro atoms. The van der Waals surface area contributed by atoms with Crippen LogP contribution >= 0.6 is 15.9 Å². The van der Waals surface area contributed by atoms with E-state index in [1.165, 1.54) is 0 Å². The van der Waals surface area contributed by atoms with Gasteiger partial charge in [-0.3, -0.25) is 9.48 Å². The molecule has 5 heteroatoms. The second kappa shape index (κ2) is 6.89. The van der Waals surface area contributed by atoms with Crippen molar-refractivity contribution in [3.63, 3.8) is 0 Å². The van der Waals surface area contributed by atoms with Crippen molar-refractivity contribution in [1.82, 2.24) is 9.78 Å². The molecule has 0 unspecified atom stereocenters. The number of carbonyl (C=O) groups excluding carboxylic acids is 1. The zero-order valence-corrected chi connectivity index (χ0v) is 14.1. The summed E-state index contributed by atoms with van der Waals surface area (Å²) in [4.78, 5) is 11.1. The third kappa shape index (κ3) is 3.94. The average Bonchev–Trinajstić information content (AvgIpc) is 2.73. The molecule has 0 saturated heterocycles. The first-order valence-corrected chi connectivity index (χ1v) is 7.73. The topological polar surface area (TPSA) is 44.1 Å². The lowest BCUT2D eigenvalue weighted by Crippen LogP contribution is -2.06. The Labute approximate surface area is 133 Å². The molecule has 2 rings (SSSR count). The standard InChI is InChI=1S/C16H19BrN2O2/c1-4-19-15(16(17)12(3)18-19)10-21-14-7-5-13(6-8-14)9-11(2)20/h5-8H,4,9-10H2,1-3H3. The molecule has 1 aromatic carbocycles. The van der Waals surface area contributed by atoms with E-state index in [4.69, 9.17) is 4.74 Å². The van der Waals surface area contributed by atoms with Crippen LogP contribution in [-0.2, 0) is 24.4 Å². The maximum Gasteiger partial charge on any atom is 0.134 e. The van der Waals surface area contributed by atoms with E-state index in [2.05, 4.69) is 28.0 Å². The van der Waals surface area contributed by atoms with Crippen LogP contribution in [-0.4, -0.2) is 15.6 Å². The number of carbonyl (C=O) groups is 1. The summed E-state index contributed by atoms with van der Waals surface area (Å²) < 4.78 is 8.74. The van der Waals surface area contributed by atoms with Crippen LogP contribution in [0.2, 0.25) is 0 Å². The number of aryl methyl sites for hydroxylation is 2. The highest BCUT2D eigenvalue weighted by atomic mass is 79.9. The molecule has 112 valence electrons. The first-order valence-electron chi connectivity index (χ1n) is 6.94. The molecule has 0 aliphatic heterocycles. The summed E-state index contributed by atoms with van der Waals surface area (Å²) in [5.41, 5.74) is 3.00. The Bertz CT molecular complexity index is 632. The number of hydrogen-bond acceptors (Lipinski definition) is 3. The minimum absolute atomic E-state index is 0.162. The third-order valence-corrected chi connectivity index (χ3v) is 4.24. The Hall–Kier alpha value is -1.62. The van der Waals surface area contributed by atoms with Crippen molar-refractivity contribution in [2.24, 2.45) is 0 Å². The molecule has 0 fully saturated rings. The van der Waals surface area contributed by atoms with Gasteiger partial charge >= 0.3 is 0 Å². The fourth-order valence-corrected chi connectivity index (χ4v) is 2.55. The lowest BCUT2D eigenvalue weighted by Gasteiger charge is -2.09. The van der Waals surface area contributed by atoms with Crippen molar-refractivity contribution in [2.45, 2.75) is 40.3 Å². The van der Waals surface area contributed by atoms with Gasteiger partial charge in [-0.1, -0.05) is 12.1 Å². The van der Waals surface area contributed by atoms with Crippen LogP contribution in [0.1, 0.15) is 30.8 Å². The maximum atomic E-state index is 11.1. The summed E-state index contributed by atoms with van der Waals surface area (Å²) in [5, 5.41) is 4.44. The number of benzene rings is 1. The van der Waals surface area contributed by atoms with Crippen molar-refractivity contribution in [1.29, 1.82) is 0 Å². The Morgan fingerprint density at radius 3 is 2.57 bits per heavy atom. The monoisotopic (exact) mass is 350 g/mol. The van der Waals surface area contributed by atoms with E-state index in [-0.39, 0.29) is 5.78 Å².